The minimum atomic E-state index is -3.70. The largest absolute Gasteiger partial charge is 0.734 e. The van der Waals surface area contributed by atoms with E-state index in [1.165, 1.54) is 4.90 Å². The molecule has 3 rings (SSSR count). The molecule has 0 aromatic carbocycles. The number of hydrogen-bond donors (Lipinski definition) is 0. The summed E-state index contributed by atoms with van der Waals surface area (Å²) in [7, 11) is -3.70. The van der Waals surface area contributed by atoms with Crippen LogP contribution in [-0.4, -0.2) is 51.2 Å². The van der Waals surface area contributed by atoms with Crippen molar-refractivity contribution >= 4 is 26.7 Å². The second-order valence-corrected chi connectivity index (χ2v) is 5.60. The molecule has 0 aromatic heterocycles. The molecule has 0 atom stereocenters. The third-order valence-electron chi connectivity index (χ3n) is 2.08. The van der Waals surface area contributed by atoms with Crippen molar-refractivity contribution in [3.8, 4) is 0 Å². The van der Waals surface area contributed by atoms with Gasteiger partial charge in [0.25, 0.3) is 0 Å². The van der Waals surface area contributed by atoms with Crippen LogP contribution in [0.4, 0.5) is 0 Å². The first-order valence-corrected chi connectivity index (χ1v) is 6.35. The van der Waals surface area contributed by atoms with Crippen molar-refractivity contribution in [3.63, 3.8) is 0 Å². The predicted molar refractivity (Wildman–Crippen MR) is 50.7 cm³/mol. The van der Waals surface area contributed by atoms with Crippen molar-refractivity contribution in [3.05, 3.63) is 12.3 Å². The van der Waals surface area contributed by atoms with Gasteiger partial charge in [0.2, 0.25) is 0 Å². The highest BCUT2D eigenvalue weighted by molar-refractivity contribution is 6.70. The van der Waals surface area contributed by atoms with Gasteiger partial charge in [-0.2, -0.15) is 0 Å². The van der Waals surface area contributed by atoms with Crippen molar-refractivity contribution in [1.29, 1.82) is 0 Å². The molecule has 3 aliphatic rings. The molecule has 0 radical (unpaired) electrons. The first kappa shape index (κ1) is 10.8. The monoisotopic (exact) mass is 243 g/mol. The fraction of sp³-hybridized carbons (Fsp3) is 0.375. The zero-order valence-electron chi connectivity index (χ0n) is 8.30. The number of fused-ring (bicyclic) bond motifs is 6. The van der Waals surface area contributed by atoms with E-state index in [1.54, 1.807) is 0 Å². The molecule has 3 heterocycles. The molecule has 0 saturated carbocycles. The molecule has 2 bridgehead atoms. The third kappa shape index (κ3) is 1.97. The Morgan fingerprint density at radius 2 is 1.38 bits per heavy atom. The summed E-state index contributed by atoms with van der Waals surface area (Å²) in [6.07, 6.45) is 0. The fourth-order valence-corrected chi connectivity index (χ4v) is 3.00. The van der Waals surface area contributed by atoms with Gasteiger partial charge < -0.3 is 13.3 Å². The highest BCUT2D eigenvalue weighted by atomic mass is 28.4. The number of carbonyl (C=O) groups excluding carboxylic acids is 3. The van der Waals surface area contributed by atoms with Crippen LogP contribution in [0.25, 0.3) is 0 Å². The van der Waals surface area contributed by atoms with Crippen LogP contribution in [0.2, 0.25) is 0 Å². The molecule has 16 heavy (non-hydrogen) atoms. The van der Waals surface area contributed by atoms with Gasteiger partial charge in [-0.15, -0.1) is 0 Å². The Hall–Kier alpha value is -1.67. The second kappa shape index (κ2) is 3.72. The average Bonchev–Trinajstić information content (AvgIpc) is 2.11. The zero-order chi connectivity index (χ0) is 11.8. The van der Waals surface area contributed by atoms with Crippen molar-refractivity contribution in [2.24, 2.45) is 0 Å². The molecule has 0 aliphatic carbocycles. The maximum absolute atomic E-state index is 11.4. The van der Waals surface area contributed by atoms with Gasteiger partial charge in [-0.05, 0) is 0 Å². The lowest BCUT2D eigenvalue weighted by Gasteiger charge is -2.33. The van der Waals surface area contributed by atoms with Crippen LogP contribution in [0.3, 0.4) is 0 Å². The molecule has 0 aromatic rings. The van der Waals surface area contributed by atoms with Crippen LogP contribution >= 0.6 is 0 Å². The standard InChI is InChI=1S/C8H9NO6Si/c1-2-16-13-6(10)3-9(4-7(11)14-16)5-8(12)15-16/h2H,1,3-5H2. The van der Waals surface area contributed by atoms with Crippen LogP contribution in [0.1, 0.15) is 0 Å². The minimum absolute atomic E-state index is 0.132. The van der Waals surface area contributed by atoms with E-state index in [9.17, 15) is 14.4 Å². The van der Waals surface area contributed by atoms with Gasteiger partial charge in [0.05, 0.1) is 19.6 Å². The molecular formula is C8H9NO6Si. The van der Waals surface area contributed by atoms with Crippen LogP contribution in [0.15, 0.2) is 12.3 Å². The van der Waals surface area contributed by atoms with E-state index in [2.05, 4.69) is 6.58 Å². The van der Waals surface area contributed by atoms with Crippen LogP contribution in [0.5, 0.6) is 0 Å². The minimum Gasteiger partial charge on any atom is -0.451 e. The molecule has 0 spiro atoms. The van der Waals surface area contributed by atoms with Crippen LogP contribution in [0, 0.1) is 0 Å². The molecule has 0 N–H and O–H groups in total. The summed E-state index contributed by atoms with van der Waals surface area (Å²) in [4.78, 5) is 35.4. The van der Waals surface area contributed by atoms with Crippen LogP contribution in [-0.2, 0) is 27.7 Å². The van der Waals surface area contributed by atoms with Crippen molar-refractivity contribution < 1.29 is 27.7 Å². The Labute approximate surface area is 91.9 Å². The summed E-state index contributed by atoms with van der Waals surface area (Å²) in [6, 6.07) is 0. The molecule has 7 nitrogen and oxygen atoms in total. The maximum Gasteiger partial charge on any atom is 0.734 e. The topological polar surface area (TPSA) is 82.1 Å². The Kier molecular flexibility index (Phi) is 2.52. The molecule has 0 unspecified atom stereocenters. The Morgan fingerprint density at radius 3 is 1.69 bits per heavy atom. The number of nitrogens with zero attached hydrogens (tertiary/aromatic N) is 1. The highest BCUT2D eigenvalue weighted by Crippen LogP contribution is 2.18. The predicted octanol–water partition coefficient (Wildman–Crippen LogP) is -1.39. The molecule has 0 amide bonds. The van der Waals surface area contributed by atoms with Gasteiger partial charge in [0.15, 0.2) is 0 Å². The molecule has 3 aliphatic heterocycles. The Balaban J connectivity index is 2.38. The lowest BCUT2D eigenvalue weighted by atomic mass is 10.4. The van der Waals surface area contributed by atoms with E-state index in [1.807, 2.05) is 0 Å². The Bertz CT molecular complexity index is 330. The van der Waals surface area contributed by atoms with Gasteiger partial charge in [-0.1, -0.05) is 6.58 Å². The summed E-state index contributed by atoms with van der Waals surface area (Å²) in [5.41, 5.74) is 1.10. The van der Waals surface area contributed by atoms with E-state index in [0.717, 1.165) is 5.70 Å². The lowest BCUT2D eigenvalue weighted by molar-refractivity contribution is -0.160. The van der Waals surface area contributed by atoms with Crippen molar-refractivity contribution in [2.75, 3.05) is 19.6 Å². The highest BCUT2D eigenvalue weighted by Gasteiger charge is 2.53. The molecule has 3 saturated heterocycles. The first-order chi connectivity index (χ1) is 7.53. The summed E-state index contributed by atoms with van der Waals surface area (Å²) in [5, 5.41) is 0. The van der Waals surface area contributed by atoms with E-state index in [0.29, 0.717) is 0 Å². The van der Waals surface area contributed by atoms with Crippen LogP contribution < -0.4 is 0 Å². The van der Waals surface area contributed by atoms with Gasteiger partial charge in [0.1, 0.15) is 0 Å². The number of rotatable bonds is 1. The molecular weight excluding hydrogens is 234 g/mol. The van der Waals surface area contributed by atoms with Gasteiger partial charge in [-0.3, -0.25) is 19.3 Å². The lowest BCUT2D eigenvalue weighted by Crippen LogP contribution is -2.58. The average molecular weight is 243 g/mol. The van der Waals surface area contributed by atoms with E-state index >= 15 is 0 Å². The molecule has 8 heteroatoms. The smallest absolute Gasteiger partial charge is 0.451 e. The summed E-state index contributed by atoms with van der Waals surface area (Å²) < 4.78 is 14.7. The first-order valence-electron chi connectivity index (χ1n) is 4.54. The van der Waals surface area contributed by atoms with E-state index in [4.69, 9.17) is 13.3 Å². The van der Waals surface area contributed by atoms with Gasteiger partial charge >= 0.3 is 26.7 Å². The normalized spacial score (nSPS) is 34.0. The third-order valence-corrected chi connectivity index (χ3v) is 4.11. The molecule has 3 fully saturated rings. The summed E-state index contributed by atoms with van der Waals surface area (Å²) >= 11 is 0. The van der Waals surface area contributed by atoms with E-state index < -0.39 is 26.7 Å². The number of carbonyl (C=O) groups is 3. The van der Waals surface area contributed by atoms with Crippen molar-refractivity contribution in [2.45, 2.75) is 0 Å². The molecule has 86 valence electrons. The zero-order valence-corrected chi connectivity index (χ0v) is 9.30. The SMILES string of the molecule is C=C[Si]12OC(=O)CN(CC(=O)O1)CC(=O)O2. The summed E-state index contributed by atoms with van der Waals surface area (Å²) in [6.45, 7) is 2.99. The maximum atomic E-state index is 11.4. The quantitative estimate of drug-likeness (QED) is 0.524. The fourth-order valence-electron chi connectivity index (χ4n) is 1.48. The van der Waals surface area contributed by atoms with E-state index in [-0.39, 0.29) is 19.6 Å². The van der Waals surface area contributed by atoms with Gasteiger partial charge in [0, 0.05) is 5.70 Å². The van der Waals surface area contributed by atoms with Crippen molar-refractivity contribution in [1.82, 2.24) is 4.90 Å². The second-order valence-electron chi connectivity index (χ2n) is 3.38. The summed E-state index contributed by atoms with van der Waals surface area (Å²) in [5.74, 6) is -1.77. The number of hydrogen-bond acceptors (Lipinski definition) is 7. The van der Waals surface area contributed by atoms with Gasteiger partial charge in [-0.25, -0.2) is 0 Å². The Morgan fingerprint density at radius 1 is 1.00 bits per heavy atom.